The standard InChI is InChI=1S/C13H15ClN2O3S/c1-2-15-9-12-6-7-13(19-12)20(17,18)16-11-5-3-4-10(14)8-11/h3-8,15-16H,2,9H2,1H3. The van der Waals surface area contributed by atoms with E-state index in [0.717, 1.165) is 6.54 Å². The van der Waals surface area contributed by atoms with Gasteiger partial charge in [-0.25, -0.2) is 0 Å². The fraction of sp³-hybridized carbons (Fsp3) is 0.231. The van der Waals surface area contributed by atoms with Gasteiger partial charge in [-0.1, -0.05) is 24.6 Å². The van der Waals surface area contributed by atoms with Crippen LogP contribution in [0.3, 0.4) is 0 Å². The van der Waals surface area contributed by atoms with Crippen molar-refractivity contribution in [3.8, 4) is 0 Å². The lowest BCUT2D eigenvalue weighted by Gasteiger charge is -2.05. The summed E-state index contributed by atoms with van der Waals surface area (Å²) >= 11 is 5.81. The van der Waals surface area contributed by atoms with Gasteiger partial charge in [0, 0.05) is 5.02 Å². The van der Waals surface area contributed by atoms with Gasteiger partial charge >= 0.3 is 0 Å². The Hall–Kier alpha value is -1.50. The number of benzene rings is 1. The molecule has 0 unspecified atom stereocenters. The van der Waals surface area contributed by atoms with E-state index < -0.39 is 10.0 Å². The van der Waals surface area contributed by atoms with Crippen molar-refractivity contribution in [2.24, 2.45) is 0 Å². The van der Waals surface area contributed by atoms with Crippen LogP contribution in [0.4, 0.5) is 5.69 Å². The zero-order valence-electron chi connectivity index (χ0n) is 10.9. The van der Waals surface area contributed by atoms with Crippen molar-refractivity contribution in [3.63, 3.8) is 0 Å². The Balaban J connectivity index is 2.16. The number of nitrogens with one attached hydrogen (secondary N) is 2. The van der Waals surface area contributed by atoms with Gasteiger partial charge in [0.15, 0.2) is 0 Å². The lowest BCUT2D eigenvalue weighted by atomic mass is 10.3. The van der Waals surface area contributed by atoms with Crippen LogP contribution in [0, 0.1) is 0 Å². The third-order valence-corrected chi connectivity index (χ3v) is 4.02. The third-order valence-electron chi connectivity index (χ3n) is 2.53. The highest BCUT2D eigenvalue weighted by atomic mass is 35.5. The Bertz CT molecular complexity index is 682. The lowest BCUT2D eigenvalue weighted by molar-refractivity contribution is 0.405. The molecule has 0 spiro atoms. The van der Waals surface area contributed by atoms with Crippen molar-refractivity contribution in [2.75, 3.05) is 11.3 Å². The molecule has 108 valence electrons. The number of furan rings is 1. The summed E-state index contributed by atoms with van der Waals surface area (Å²) in [6.45, 7) is 3.23. The molecule has 20 heavy (non-hydrogen) atoms. The summed E-state index contributed by atoms with van der Waals surface area (Å²) in [5, 5.41) is 3.40. The van der Waals surface area contributed by atoms with Gasteiger partial charge in [-0.2, -0.15) is 8.42 Å². The first-order chi connectivity index (χ1) is 9.51. The Morgan fingerprint density at radius 2 is 2.05 bits per heavy atom. The van der Waals surface area contributed by atoms with Gasteiger partial charge in [-0.3, -0.25) is 4.72 Å². The monoisotopic (exact) mass is 314 g/mol. The second-order valence-corrected chi connectivity index (χ2v) is 6.17. The first-order valence-electron chi connectivity index (χ1n) is 6.09. The maximum atomic E-state index is 12.1. The highest BCUT2D eigenvalue weighted by Crippen LogP contribution is 2.20. The molecule has 0 amide bonds. The molecule has 1 heterocycles. The lowest BCUT2D eigenvalue weighted by Crippen LogP contribution is -2.13. The Morgan fingerprint density at radius 1 is 1.25 bits per heavy atom. The summed E-state index contributed by atoms with van der Waals surface area (Å²) in [5.41, 5.74) is 0.391. The minimum Gasteiger partial charge on any atom is -0.446 e. The molecular weight excluding hydrogens is 300 g/mol. The van der Waals surface area contributed by atoms with Crippen LogP contribution in [-0.4, -0.2) is 15.0 Å². The molecule has 0 aliphatic heterocycles. The molecule has 5 nitrogen and oxygen atoms in total. The zero-order chi connectivity index (χ0) is 14.6. The van der Waals surface area contributed by atoms with E-state index in [1.807, 2.05) is 6.92 Å². The Labute approximate surface area is 123 Å². The van der Waals surface area contributed by atoms with Gasteiger partial charge in [-0.05, 0) is 36.9 Å². The van der Waals surface area contributed by atoms with Gasteiger partial charge in [0.05, 0.1) is 12.2 Å². The van der Waals surface area contributed by atoms with Crippen molar-refractivity contribution in [1.29, 1.82) is 0 Å². The van der Waals surface area contributed by atoms with E-state index in [1.54, 1.807) is 24.3 Å². The molecule has 0 saturated heterocycles. The fourth-order valence-electron chi connectivity index (χ4n) is 1.60. The molecule has 0 fully saturated rings. The molecule has 0 aliphatic rings. The predicted molar refractivity (Wildman–Crippen MR) is 78.3 cm³/mol. The molecule has 0 saturated carbocycles. The second-order valence-electron chi connectivity index (χ2n) is 4.12. The molecule has 7 heteroatoms. The first kappa shape index (κ1) is 14.9. The van der Waals surface area contributed by atoms with Crippen LogP contribution in [0.25, 0.3) is 0 Å². The minimum absolute atomic E-state index is 0.120. The largest absolute Gasteiger partial charge is 0.446 e. The van der Waals surface area contributed by atoms with Crippen LogP contribution in [-0.2, 0) is 16.6 Å². The van der Waals surface area contributed by atoms with Crippen LogP contribution >= 0.6 is 11.6 Å². The van der Waals surface area contributed by atoms with E-state index in [9.17, 15) is 8.42 Å². The van der Waals surface area contributed by atoms with Crippen LogP contribution in [0.1, 0.15) is 12.7 Å². The SMILES string of the molecule is CCNCc1ccc(S(=O)(=O)Nc2cccc(Cl)c2)o1. The highest BCUT2D eigenvalue weighted by Gasteiger charge is 2.18. The molecule has 0 bridgehead atoms. The second kappa shape index (κ2) is 6.30. The maximum absolute atomic E-state index is 12.1. The molecule has 2 aromatic rings. The van der Waals surface area contributed by atoms with E-state index >= 15 is 0 Å². The first-order valence-corrected chi connectivity index (χ1v) is 7.95. The number of hydrogen-bond donors (Lipinski definition) is 2. The Morgan fingerprint density at radius 3 is 2.75 bits per heavy atom. The number of hydrogen-bond acceptors (Lipinski definition) is 4. The van der Waals surface area contributed by atoms with Crippen molar-refractivity contribution >= 4 is 27.3 Å². The van der Waals surface area contributed by atoms with Gasteiger partial charge in [-0.15, -0.1) is 0 Å². The van der Waals surface area contributed by atoms with E-state index in [2.05, 4.69) is 10.0 Å². The number of halogens is 1. The Kier molecular flexibility index (Phi) is 4.69. The molecule has 1 aromatic heterocycles. The van der Waals surface area contributed by atoms with Crippen LogP contribution < -0.4 is 10.0 Å². The summed E-state index contributed by atoms with van der Waals surface area (Å²) in [7, 11) is -3.74. The quantitative estimate of drug-likeness (QED) is 0.860. The summed E-state index contributed by atoms with van der Waals surface area (Å²) < 4.78 is 32.0. The fourth-order valence-corrected chi connectivity index (χ4v) is 2.80. The van der Waals surface area contributed by atoms with Gasteiger partial charge in [0.25, 0.3) is 10.0 Å². The number of anilines is 1. The summed E-state index contributed by atoms with van der Waals surface area (Å²) in [4.78, 5) is 0. The molecule has 0 radical (unpaired) electrons. The highest BCUT2D eigenvalue weighted by molar-refractivity contribution is 7.92. The minimum atomic E-state index is -3.74. The van der Waals surface area contributed by atoms with Crippen molar-refractivity contribution < 1.29 is 12.8 Å². The van der Waals surface area contributed by atoms with Crippen molar-refractivity contribution in [3.05, 3.63) is 47.2 Å². The van der Waals surface area contributed by atoms with Crippen molar-refractivity contribution in [2.45, 2.75) is 18.6 Å². The molecule has 2 rings (SSSR count). The van der Waals surface area contributed by atoms with Gasteiger partial charge < -0.3 is 9.73 Å². The average Bonchev–Trinajstić information content (AvgIpc) is 2.85. The summed E-state index contributed by atoms with van der Waals surface area (Å²) in [5.74, 6) is 0.568. The van der Waals surface area contributed by atoms with E-state index in [-0.39, 0.29) is 5.09 Å². The van der Waals surface area contributed by atoms with Gasteiger partial charge in [0.2, 0.25) is 5.09 Å². The number of sulfonamides is 1. The van der Waals surface area contributed by atoms with Crippen molar-refractivity contribution in [1.82, 2.24) is 5.32 Å². The normalized spacial score (nSPS) is 11.5. The number of rotatable bonds is 6. The molecule has 2 N–H and O–H groups in total. The van der Waals surface area contributed by atoms with Crippen LogP contribution in [0.5, 0.6) is 0 Å². The molecule has 0 aliphatic carbocycles. The maximum Gasteiger partial charge on any atom is 0.295 e. The van der Waals surface area contributed by atoms with E-state index in [4.69, 9.17) is 16.0 Å². The molecular formula is C13H15ClN2O3S. The van der Waals surface area contributed by atoms with Crippen LogP contribution in [0.15, 0.2) is 45.9 Å². The summed E-state index contributed by atoms with van der Waals surface area (Å²) in [6.07, 6.45) is 0. The topological polar surface area (TPSA) is 71.3 Å². The summed E-state index contributed by atoms with van der Waals surface area (Å²) in [6, 6.07) is 9.54. The zero-order valence-corrected chi connectivity index (χ0v) is 12.5. The average molecular weight is 315 g/mol. The smallest absolute Gasteiger partial charge is 0.295 e. The van der Waals surface area contributed by atoms with Crippen LogP contribution in [0.2, 0.25) is 5.02 Å². The van der Waals surface area contributed by atoms with E-state index in [0.29, 0.717) is 23.0 Å². The molecule has 0 atom stereocenters. The third kappa shape index (κ3) is 3.75. The predicted octanol–water partition coefficient (Wildman–Crippen LogP) is 2.84. The molecule has 1 aromatic carbocycles. The van der Waals surface area contributed by atoms with Gasteiger partial charge in [0.1, 0.15) is 5.76 Å². The van der Waals surface area contributed by atoms with E-state index in [1.165, 1.54) is 12.1 Å².